The van der Waals surface area contributed by atoms with Gasteiger partial charge in [0.1, 0.15) is 5.82 Å². The van der Waals surface area contributed by atoms with E-state index in [2.05, 4.69) is 6.92 Å². The highest BCUT2D eigenvalue weighted by Crippen LogP contribution is 2.25. The fraction of sp³-hybridized carbons (Fsp3) is 0.562. The molecule has 0 bridgehead atoms. The summed E-state index contributed by atoms with van der Waals surface area (Å²) in [4.78, 5) is 14.2. The van der Waals surface area contributed by atoms with Crippen molar-refractivity contribution in [3.05, 3.63) is 29.1 Å². The number of nitrogens with two attached hydrogens (primary N) is 1. The van der Waals surface area contributed by atoms with Crippen molar-refractivity contribution >= 4 is 11.6 Å². The van der Waals surface area contributed by atoms with E-state index in [1.165, 1.54) is 18.9 Å². The minimum atomic E-state index is -0.445. The van der Waals surface area contributed by atoms with Crippen molar-refractivity contribution in [2.75, 3.05) is 18.8 Å². The van der Waals surface area contributed by atoms with Crippen molar-refractivity contribution in [1.29, 1.82) is 0 Å². The Kier molecular flexibility index (Phi) is 4.63. The molecule has 110 valence electrons. The van der Waals surface area contributed by atoms with Crippen LogP contribution >= 0.6 is 0 Å². The van der Waals surface area contributed by atoms with E-state index in [4.69, 9.17) is 5.73 Å². The standard InChI is InChI=1S/C16H23FN2O/c1-3-4-12-5-7-19(8-6-12)16(20)14-10-13(18)9-11(2)15(14)17/h9-10,12H,3-8,18H2,1-2H3. The summed E-state index contributed by atoms with van der Waals surface area (Å²) >= 11 is 0. The van der Waals surface area contributed by atoms with Crippen LogP contribution in [0.2, 0.25) is 0 Å². The smallest absolute Gasteiger partial charge is 0.256 e. The third-order valence-corrected chi connectivity index (χ3v) is 4.11. The number of carbonyl (C=O) groups excluding carboxylic acids is 1. The molecule has 1 fully saturated rings. The predicted octanol–water partition coefficient (Wildman–Crippen LogP) is 3.37. The Hall–Kier alpha value is -1.58. The van der Waals surface area contributed by atoms with Crippen LogP contribution in [0.15, 0.2) is 12.1 Å². The largest absolute Gasteiger partial charge is 0.399 e. The number of piperidine rings is 1. The van der Waals surface area contributed by atoms with Gasteiger partial charge >= 0.3 is 0 Å². The quantitative estimate of drug-likeness (QED) is 0.862. The maximum atomic E-state index is 14.1. The Balaban J connectivity index is 2.09. The molecule has 0 aliphatic carbocycles. The van der Waals surface area contributed by atoms with Gasteiger partial charge in [-0.2, -0.15) is 0 Å². The molecular formula is C16H23FN2O. The summed E-state index contributed by atoms with van der Waals surface area (Å²) in [6.07, 6.45) is 4.43. The Morgan fingerprint density at radius 3 is 2.65 bits per heavy atom. The molecule has 1 aromatic carbocycles. The number of rotatable bonds is 3. The van der Waals surface area contributed by atoms with Crippen LogP contribution in [-0.2, 0) is 0 Å². The highest BCUT2D eigenvalue weighted by atomic mass is 19.1. The van der Waals surface area contributed by atoms with Crippen LogP contribution in [0.3, 0.4) is 0 Å². The minimum Gasteiger partial charge on any atom is -0.399 e. The summed E-state index contributed by atoms with van der Waals surface area (Å²) in [5, 5.41) is 0. The van der Waals surface area contributed by atoms with E-state index < -0.39 is 5.82 Å². The van der Waals surface area contributed by atoms with Crippen LogP contribution in [0.25, 0.3) is 0 Å². The first-order valence-electron chi connectivity index (χ1n) is 7.37. The van der Waals surface area contributed by atoms with Crippen LogP contribution in [0, 0.1) is 18.7 Å². The number of carbonyl (C=O) groups is 1. The van der Waals surface area contributed by atoms with Crippen LogP contribution in [0.4, 0.5) is 10.1 Å². The highest BCUT2D eigenvalue weighted by Gasteiger charge is 2.25. The number of hydrogen-bond acceptors (Lipinski definition) is 2. The number of likely N-dealkylation sites (tertiary alicyclic amines) is 1. The van der Waals surface area contributed by atoms with Gasteiger partial charge in [0.05, 0.1) is 5.56 Å². The topological polar surface area (TPSA) is 46.3 Å². The number of halogens is 1. The molecule has 0 spiro atoms. The molecule has 2 N–H and O–H groups in total. The van der Waals surface area contributed by atoms with Gasteiger partial charge in [-0.15, -0.1) is 0 Å². The van der Waals surface area contributed by atoms with E-state index in [9.17, 15) is 9.18 Å². The summed E-state index contributed by atoms with van der Waals surface area (Å²) in [6.45, 7) is 5.26. The van der Waals surface area contributed by atoms with Crippen LogP contribution < -0.4 is 5.73 Å². The highest BCUT2D eigenvalue weighted by molar-refractivity contribution is 5.95. The van der Waals surface area contributed by atoms with Crippen LogP contribution in [0.1, 0.15) is 48.5 Å². The van der Waals surface area contributed by atoms with E-state index in [1.807, 2.05) is 0 Å². The Morgan fingerprint density at radius 1 is 1.40 bits per heavy atom. The average Bonchev–Trinajstić information content (AvgIpc) is 2.43. The van der Waals surface area contributed by atoms with E-state index in [-0.39, 0.29) is 11.5 Å². The zero-order chi connectivity index (χ0) is 14.7. The maximum absolute atomic E-state index is 14.1. The summed E-state index contributed by atoms with van der Waals surface area (Å²) in [7, 11) is 0. The van der Waals surface area contributed by atoms with E-state index >= 15 is 0 Å². The zero-order valence-corrected chi connectivity index (χ0v) is 12.3. The first kappa shape index (κ1) is 14.8. The minimum absolute atomic E-state index is 0.108. The third kappa shape index (κ3) is 3.11. The van der Waals surface area contributed by atoms with Crippen molar-refractivity contribution in [3.63, 3.8) is 0 Å². The SMILES string of the molecule is CCCC1CCN(C(=O)c2cc(N)cc(C)c2F)CC1. The molecule has 0 radical (unpaired) electrons. The lowest BCUT2D eigenvalue weighted by atomic mass is 9.92. The van der Waals surface area contributed by atoms with Gasteiger partial charge in [0.25, 0.3) is 5.91 Å². The molecule has 1 aliphatic rings. The Morgan fingerprint density at radius 2 is 2.05 bits per heavy atom. The normalized spacial score (nSPS) is 16.4. The van der Waals surface area contributed by atoms with Crippen molar-refractivity contribution in [3.8, 4) is 0 Å². The molecule has 3 nitrogen and oxygen atoms in total. The third-order valence-electron chi connectivity index (χ3n) is 4.11. The first-order valence-corrected chi connectivity index (χ1v) is 7.37. The zero-order valence-electron chi connectivity index (χ0n) is 12.3. The second-order valence-corrected chi connectivity index (χ2v) is 5.72. The fourth-order valence-electron chi connectivity index (χ4n) is 2.96. The molecule has 2 rings (SSSR count). The first-order chi connectivity index (χ1) is 9.52. The monoisotopic (exact) mass is 278 g/mol. The van der Waals surface area contributed by atoms with Gasteiger partial charge in [0.15, 0.2) is 0 Å². The molecule has 1 heterocycles. The maximum Gasteiger partial charge on any atom is 0.256 e. The van der Waals surface area contributed by atoms with Gasteiger partial charge in [-0.1, -0.05) is 19.8 Å². The molecule has 4 heteroatoms. The lowest BCUT2D eigenvalue weighted by Gasteiger charge is -2.32. The van der Waals surface area contributed by atoms with Crippen LogP contribution in [-0.4, -0.2) is 23.9 Å². The van der Waals surface area contributed by atoms with Crippen molar-refractivity contribution in [1.82, 2.24) is 4.90 Å². The van der Waals surface area contributed by atoms with E-state index in [1.54, 1.807) is 17.9 Å². The van der Waals surface area contributed by atoms with Gasteiger partial charge < -0.3 is 10.6 Å². The molecule has 0 aromatic heterocycles. The number of hydrogen-bond donors (Lipinski definition) is 1. The lowest BCUT2D eigenvalue weighted by Crippen LogP contribution is -2.39. The van der Waals surface area contributed by atoms with Gasteiger partial charge in [0.2, 0.25) is 0 Å². The van der Waals surface area contributed by atoms with Crippen molar-refractivity contribution in [2.24, 2.45) is 5.92 Å². The predicted molar refractivity (Wildman–Crippen MR) is 79.1 cm³/mol. The van der Waals surface area contributed by atoms with E-state index in [0.29, 0.717) is 17.2 Å². The molecule has 0 atom stereocenters. The average molecular weight is 278 g/mol. The Bertz CT molecular complexity index is 493. The molecule has 0 saturated carbocycles. The Labute approximate surface area is 120 Å². The van der Waals surface area contributed by atoms with E-state index in [0.717, 1.165) is 25.9 Å². The fourth-order valence-corrected chi connectivity index (χ4v) is 2.96. The number of amides is 1. The lowest BCUT2D eigenvalue weighted by molar-refractivity contribution is 0.0681. The molecule has 20 heavy (non-hydrogen) atoms. The number of anilines is 1. The molecule has 1 aliphatic heterocycles. The molecule has 1 aromatic rings. The van der Waals surface area contributed by atoms with Crippen LogP contribution in [0.5, 0.6) is 0 Å². The van der Waals surface area contributed by atoms with Gasteiger partial charge in [0, 0.05) is 18.8 Å². The number of nitrogens with zero attached hydrogens (tertiary/aromatic N) is 1. The van der Waals surface area contributed by atoms with Crippen molar-refractivity contribution < 1.29 is 9.18 Å². The van der Waals surface area contributed by atoms with Crippen molar-refractivity contribution in [2.45, 2.75) is 39.5 Å². The van der Waals surface area contributed by atoms with Gasteiger partial charge in [-0.05, 0) is 43.4 Å². The second kappa shape index (κ2) is 6.25. The number of nitrogen functional groups attached to an aromatic ring is 1. The molecule has 1 amide bonds. The summed E-state index contributed by atoms with van der Waals surface area (Å²) < 4.78 is 14.1. The number of aryl methyl sites for hydroxylation is 1. The van der Waals surface area contributed by atoms with Gasteiger partial charge in [-0.3, -0.25) is 4.79 Å². The van der Waals surface area contributed by atoms with Gasteiger partial charge in [-0.25, -0.2) is 4.39 Å². The summed E-state index contributed by atoms with van der Waals surface area (Å²) in [5.41, 5.74) is 6.69. The molecule has 0 unspecified atom stereocenters. The molecule has 1 saturated heterocycles. The summed E-state index contributed by atoms with van der Waals surface area (Å²) in [6, 6.07) is 3.00. The second-order valence-electron chi connectivity index (χ2n) is 5.72. The molecular weight excluding hydrogens is 255 g/mol. The summed E-state index contributed by atoms with van der Waals surface area (Å²) in [5.74, 6) is 0.0317. The number of benzene rings is 1.